The SMILES string of the molecule is N#Cc1c(F)cccc1N1CCN(C(=O)c2ccc3c(c2)SC2=NS(=O)(=O)CCN23)CC1. The Bertz CT molecular complexity index is 1300. The molecule has 3 heterocycles. The van der Waals surface area contributed by atoms with Crippen molar-refractivity contribution in [2.45, 2.75) is 4.90 Å². The lowest BCUT2D eigenvalue weighted by molar-refractivity contribution is 0.0746. The number of piperazine rings is 1. The van der Waals surface area contributed by atoms with E-state index in [1.165, 1.54) is 17.8 Å². The molecular weight excluding hydrogens is 453 g/mol. The highest BCUT2D eigenvalue weighted by Gasteiger charge is 2.34. The molecule has 11 heteroatoms. The fourth-order valence-corrected chi connectivity index (χ4v) is 6.38. The van der Waals surface area contributed by atoms with Gasteiger partial charge in [-0.05, 0) is 42.1 Å². The molecule has 0 bridgehead atoms. The Hall–Kier alpha value is -3.10. The van der Waals surface area contributed by atoms with Crippen LogP contribution in [0.25, 0.3) is 0 Å². The van der Waals surface area contributed by atoms with Crippen LogP contribution in [-0.2, 0) is 10.0 Å². The summed E-state index contributed by atoms with van der Waals surface area (Å²) < 4.78 is 41.3. The van der Waals surface area contributed by atoms with E-state index in [0.717, 1.165) is 10.6 Å². The Kier molecular flexibility index (Phi) is 5.06. The molecule has 3 aliphatic heterocycles. The van der Waals surface area contributed by atoms with Crippen LogP contribution in [0, 0.1) is 17.1 Å². The molecule has 0 N–H and O–H groups in total. The predicted octanol–water partition coefficient (Wildman–Crippen LogP) is 2.27. The van der Waals surface area contributed by atoms with Crippen molar-refractivity contribution >= 4 is 44.2 Å². The fraction of sp³-hybridized carbons (Fsp3) is 0.286. The first kappa shape index (κ1) is 20.8. The summed E-state index contributed by atoms with van der Waals surface area (Å²) in [6.45, 7) is 2.22. The Morgan fingerprint density at radius 1 is 1.09 bits per heavy atom. The number of amidine groups is 1. The normalized spacial score (nSPS) is 19.1. The van der Waals surface area contributed by atoms with Crippen molar-refractivity contribution in [3.05, 3.63) is 53.3 Å². The van der Waals surface area contributed by atoms with E-state index in [0.29, 0.717) is 49.1 Å². The van der Waals surface area contributed by atoms with Crippen LogP contribution in [-0.4, -0.2) is 62.9 Å². The molecule has 164 valence electrons. The third-order valence-corrected chi connectivity index (χ3v) is 8.04. The highest BCUT2D eigenvalue weighted by molar-refractivity contribution is 8.15. The molecule has 2 aromatic rings. The lowest BCUT2D eigenvalue weighted by Gasteiger charge is -2.36. The largest absolute Gasteiger partial charge is 0.367 e. The second kappa shape index (κ2) is 7.79. The topological polar surface area (TPSA) is 97.1 Å². The lowest BCUT2D eigenvalue weighted by atomic mass is 10.1. The van der Waals surface area contributed by atoms with Crippen molar-refractivity contribution in [3.63, 3.8) is 0 Å². The van der Waals surface area contributed by atoms with Gasteiger partial charge in [-0.25, -0.2) is 12.8 Å². The van der Waals surface area contributed by atoms with Gasteiger partial charge in [-0.3, -0.25) is 4.79 Å². The number of nitriles is 1. The molecule has 1 saturated heterocycles. The van der Waals surface area contributed by atoms with Crippen molar-refractivity contribution in [2.75, 3.05) is 48.3 Å². The highest BCUT2D eigenvalue weighted by atomic mass is 32.2. The van der Waals surface area contributed by atoms with E-state index in [-0.39, 0.29) is 17.2 Å². The number of anilines is 2. The summed E-state index contributed by atoms with van der Waals surface area (Å²) in [4.78, 5) is 19.4. The average molecular weight is 472 g/mol. The van der Waals surface area contributed by atoms with E-state index in [4.69, 9.17) is 0 Å². The minimum atomic E-state index is -3.43. The fourth-order valence-electron chi connectivity index (χ4n) is 4.08. The maximum atomic E-state index is 13.9. The van der Waals surface area contributed by atoms with Crippen LogP contribution in [0.4, 0.5) is 15.8 Å². The van der Waals surface area contributed by atoms with Crippen LogP contribution in [0.1, 0.15) is 15.9 Å². The number of hydrogen-bond donors (Lipinski definition) is 0. The number of halogens is 1. The average Bonchev–Trinajstić information content (AvgIpc) is 3.13. The number of rotatable bonds is 2. The van der Waals surface area contributed by atoms with E-state index in [2.05, 4.69) is 4.40 Å². The summed E-state index contributed by atoms with van der Waals surface area (Å²) in [5, 5.41) is 9.70. The number of hydrogen-bond acceptors (Lipinski definition) is 7. The molecule has 0 radical (unpaired) electrons. The number of carbonyl (C=O) groups is 1. The zero-order chi connectivity index (χ0) is 22.5. The maximum absolute atomic E-state index is 13.9. The molecule has 3 aliphatic rings. The number of carbonyl (C=O) groups excluding carboxylic acids is 1. The van der Waals surface area contributed by atoms with Crippen LogP contribution in [0.2, 0.25) is 0 Å². The van der Waals surface area contributed by atoms with Crippen molar-refractivity contribution in [3.8, 4) is 6.07 Å². The number of amides is 1. The zero-order valence-corrected chi connectivity index (χ0v) is 18.5. The van der Waals surface area contributed by atoms with E-state index >= 15 is 0 Å². The van der Waals surface area contributed by atoms with Crippen molar-refractivity contribution in [1.82, 2.24) is 4.90 Å². The molecule has 1 fully saturated rings. The van der Waals surface area contributed by atoms with Crippen LogP contribution >= 0.6 is 11.8 Å². The molecule has 32 heavy (non-hydrogen) atoms. The third-order valence-electron chi connectivity index (χ3n) is 5.73. The van der Waals surface area contributed by atoms with Gasteiger partial charge >= 0.3 is 0 Å². The van der Waals surface area contributed by atoms with Gasteiger partial charge in [0.15, 0.2) is 5.17 Å². The molecule has 0 aliphatic carbocycles. The summed E-state index contributed by atoms with van der Waals surface area (Å²) in [6.07, 6.45) is 0. The first-order valence-electron chi connectivity index (χ1n) is 10.0. The monoisotopic (exact) mass is 471 g/mol. The van der Waals surface area contributed by atoms with Crippen molar-refractivity contribution in [1.29, 1.82) is 5.26 Å². The van der Waals surface area contributed by atoms with Gasteiger partial charge in [0, 0.05) is 43.2 Å². The van der Waals surface area contributed by atoms with Gasteiger partial charge < -0.3 is 14.7 Å². The lowest BCUT2D eigenvalue weighted by Crippen LogP contribution is -2.49. The maximum Gasteiger partial charge on any atom is 0.257 e. The first-order valence-corrected chi connectivity index (χ1v) is 12.4. The Morgan fingerprint density at radius 3 is 2.62 bits per heavy atom. The Morgan fingerprint density at radius 2 is 1.88 bits per heavy atom. The number of fused-ring (bicyclic) bond motifs is 3. The molecule has 0 atom stereocenters. The van der Waals surface area contributed by atoms with Crippen molar-refractivity contribution < 1.29 is 17.6 Å². The van der Waals surface area contributed by atoms with Crippen LogP contribution in [0.5, 0.6) is 0 Å². The number of sulfonamides is 1. The van der Waals surface area contributed by atoms with Crippen LogP contribution < -0.4 is 9.80 Å². The first-order chi connectivity index (χ1) is 15.4. The quantitative estimate of drug-likeness (QED) is 0.663. The summed E-state index contributed by atoms with van der Waals surface area (Å²) in [7, 11) is -3.43. The molecule has 0 unspecified atom stereocenters. The zero-order valence-electron chi connectivity index (χ0n) is 16.9. The standard InChI is InChI=1S/C21H18FN5O3S2/c22-16-2-1-3-17(15(16)13-23)25-6-8-26(9-7-25)20(28)14-4-5-18-19(12-14)31-21-24-32(29,30)11-10-27(18)21/h1-5,12H,6-11H2. The number of nitrogens with zero attached hydrogens (tertiary/aromatic N) is 5. The summed E-state index contributed by atoms with van der Waals surface area (Å²) in [6, 6.07) is 11.8. The minimum absolute atomic E-state index is 0.0179. The van der Waals surface area contributed by atoms with E-state index in [1.807, 2.05) is 21.9 Å². The van der Waals surface area contributed by atoms with Gasteiger partial charge in [0.2, 0.25) is 0 Å². The third kappa shape index (κ3) is 3.59. The second-order valence-electron chi connectivity index (χ2n) is 7.62. The minimum Gasteiger partial charge on any atom is -0.367 e. The van der Waals surface area contributed by atoms with Gasteiger partial charge in [-0.2, -0.15) is 5.26 Å². The molecule has 0 spiro atoms. The molecular formula is C21H18FN5O3S2. The van der Waals surface area contributed by atoms with E-state index in [1.54, 1.807) is 29.2 Å². The van der Waals surface area contributed by atoms with Gasteiger partial charge in [-0.15, -0.1) is 4.40 Å². The summed E-state index contributed by atoms with van der Waals surface area (Å²) in [5.41, 5.74) is 1.95. The molecule has 1 amide bonds. The van der Waals surface area contributed by atoms with Crippen LogP contribution in [0.3, 0.4) is 0 Å². The van der Waals surface area contributed by atoms with E-state index < -0.39 is 15.8 Å². The van der Waals surface area contributed by atoms with Gasteiger partial charge in [0.25, 0.3) is 15.9 Å². The van der Waals surface area contributed by atoms with Gasteiger partial charge in [0.1, 0.15) is 17.4 Å². The predicted molar refractivity (Wildman–Crippen MR) is 120 cm³/mol. The van der Waals surface area contributed by atoms with Gasteiger partial charge in [-0.1, -0.05) is 6.07 Å². The molecule has 0 saturated carbocycles. The Balaban J connectivity index is 1.31. The van der Waals surface area contributed by atoms with E-state index in [9.17, 15) is 22.9 Å². The molecule has 2 aromatic carbocycles. The molecule has 8 nitrogen and oxygen atoms in total. The molecule has 0 aromatic heterocycles. The highest BCUT2D eigenvalue weighted by Crippen LogP contribution is 2.42. The Labute approximate surface area is 189 Å². The number of thioether (sulfide) groups is 1. The molecule has 5 rings (SSSR count). The summed E-state index contributed by atoms with van der Waals surface area (Å²) in [5.74, 6) is -0.694. The van der Waals surface area contributed by atoms with Crippen LogP contribution in [0.15, 0.2) is 45.7 Å². The van der Waals surface area contributed by atoms with Crippen molar-refractivity contribution in [2.24, 2.45) is 4.40 Å². The van der Waals surface area contributed by atoms with Gasteiger partial charge in [0.05, 0.1) is 17.1 Å². The smallest absolute Gasteiger partial charge is 0.257 e. The summed E-state index contributed by atoms with van der Waals surface area (Å²) >= 11 is 1.26. The second-order valence-corrected chi connectivity index (χ2v) is 10.4. The number of benzene rings is 2.